The van der Waals surface area contributed by atoms with Crippen LogP contribution in [0.3, 0.4) is 0 Å². The summed E-state index contributed by atoms with van der Waals surface area (Å²) in [5, 5.41) is 16.1. The van der Waals surface area contributed by atoms with E-state index < -0.39 is 0 Å². The first-order valence-electron chi connectivity index (χ1n) is 12.8. The van der Waals surface area contributed by atoms with Crippen molar-refractivity contribution in [3.05, 3.63) is 73.5 Å². The average Bonchev–Trinajstić information content (AvgIpc) is 3.65. The van der Waals surface area contributed by atoms with Crippen molar-refractivity contribution in [3.63, 3.8) is 0 Å². The molecule has 9 heteroatoms. The van der Waals surface area contributed by atoms with Gasteiger partial charge in [0.2, 0.25) is 0 Å². The normalized spacial score (nSPS) is 16.8. The van der Waals surface area contributed by atoms with Crippen LogP contribution in [0.15, 0.2) is 40.5 Å². The van der Waals surface area contributed by atoms with Gasteiger partial charge in [-0.05, 0) is 72.2 Å². The molecule has 0 aliphatic carbocycles. The summed E-state index contributed by atoms with van der Waals surface area (Å²) < 4.78 is 7.78. The highest BCUT2D eigenvalue weighted by Gasteiger charge is 2.28. The monoisotopic (exact) mass is 506 g/mol. The fourth-order valence-corrected chi connectivity index (χ4v) is 5.87. The van der Waals surface area contributed by atoms with Gasteiger partial charge in [0.05, 0.1) is 24.2 Å². The molecule has 0 radical (unpaired) electrons. The summed E-state index contributed by atoms with van der Waals surface area (Å²) in [4.78, 5) is 20.0. The third-order valence-corrected chi connectivity index (χ3v) is 7.96. The van der Waals surface area contributed by atoms with Crippen LogP contribution in [0.4, 0.5) is 0 Å². The number of nitrogens with zero attached hydrogens (tertiary/aromatic N) is 5. The first kappa shape index (κ1) is 24.8. The van der Waals surface area contributed by atoms with E-state index in [9.17, 15) is 4.79 Å². The Hall–Kier alpha value is -2.88. The zero-order chi connectivity index (χ0) is 25.1. The lowest BCUT2D eigenvalue weighted by atomic mass is 10.0. The topological polar surface area (TPSA) is 88.9 Å². The summed E-state index contributed by atoms with van der Waals surface area (Å²) in [5.41, 5.74) is 3.86. The van der Waals surface area contributed by atoms with E-state index in [1.807, 2.05) is 11.6 Å². The van der Waals surface area contributed by atoms with Crippen molar-refractivity contribution in [2.75, 3.05) is 6.61 Å². The van der Waals surface area contributed by atoms with Gasteiger partial charge in [0.1, 0.15) is 0 Å². The maximum atomic E-state index is 13.3. The van der Waals surface area contributed by atoms with Crippen molar-refractivity contribution < 1.29 is 4.74 Å². The van der Waals surface area contributed by atoms with Crippen molar-refractivity contribution in [1.82, 2.24) is 30.1 Å². The summed E-state index contributed by atoms with van der Waals surface area (Å²) in [6.45, 7) is 8.99. The van der Waals surface area contributed by atoms with Gasteiger partial charge in [0.15, 0.2) is 5.82 Å². The molecule has 0 unspecified atom stereocenters. The van der Waals surface area contributed by atoms with Crippen LogP contribution in [0.5, 0.6) is 0 Å². The number of benzene rings is 1. The van der Waals surface area contributed by atoms with E-state index in [0.717, 1.165) is 72.3 Å². The Morgan fingerprint density at radius 3 is 2.86 bits per heavy atom. The standard InChI is InChI=1S/C27H34N6O2S/c1-4-7-24(26-29-30-31-33(26)16-21-8-5-12-35-21)32(17-22-9-6-13-36-22)15-20-14-23-18(2)10-11-19(3)25(23)28-27(20)34/h6,9-11,13-14,21,24H,4-5,7-8,12,15-17H2,1-3H3,(H,28,34)/t21-,24+/m0/s1. The zero-order valence-corrected chi connectivity index (χ0v) is 22.1. The average molecular weight is 507 g/mol. The number of H-pyrrole nitrogens is 1. The van der Waals surface area contributed by atoms with Gasteiger partial charge in [-0.3, -0.25) is 9.69 Å². The third kappa shape index (κ3) is 5.28. The molecule has 1 fully saturated rings. The quantitative estimate of drug-likeness (QED) is 0.329. The predicted octanol–water partition coefficient (Wildman–Crippen LogP) is 4.92. The van der Waals surface area contributed by atoms with Crippen molar-refractivity contribution in [2.45, 2.75) is 78.2 Å². The minimum absolute atomic E-state index is 0.0257. The highest BCUT2D eigenvalue weighted by Crippen LogP contribution is 2.30. The van der Waals surface area contributed by atoms with Crippen LogP contribution in [0.2, 0.25) is 0 Å². The SMILES string of the molecule is CCC[C@H](c1nnnn1C[C@@H]1CCCO1)N(Cc1cccs1)Cc1cc2c(C)ccc(C)c2[nH]c1=O. The molecule has 1 aliphatic heterocycles. The molecule has 2 atom stereocenters. The summed E-state index contributed by atoms with van der Waals surface area (Å²) in [5.74, 6) is 0.841. The predicted molar refractivity (Wildman–Crippen MR) is 142 cm³/mol. The van der Waals surface area contributed by atoms with Gasteiger partial charge in [0.25, 0.3) is 5.56 Å². The number of thiophene rings is 1. The highest BCUT2D eigenvalue weighted by atomic mass is 32.1. The van der Waals surface area contributed by atoms with Gasteiger partial charge < -0.3 is 9.72 Å². The van der Waals surface area contributed by atoms with Crippen LogP contribution in [-0.4, -0.2) is 42.8 Å². The van der Waals surface area contributed by atoms with Gasteiger partial charge in [-0.2, -0.15) is 0 Å². The second-order valence-electron chi connectivity index (χ2n) is 9.75. The fourth-order valence-electron chi connectivity index (χ4n) is 5.14. The van der Waals surface area contributed by atoms with Crippen LogP contribution >= 0.6 is 11.3 Å². The Balaban J connectivity index is 1.52. The van der Waals surface area contributed by atoms with E-state index in [1.54, 1.807) is 11.3 Å². The highest BCUT2D eigenvalue weighted by molar-refractivity contribution is 7.09. The van der Waals surface area contributed by atoms with Crippen LogP contribution < -0.4 is 5.56 Å². The number of tetrazole rings is 1. The second kappa shape index (κ2) is 11.0. The van der Waals surface area contributed by atoms with E-state index in [-0.39, 0.29) is 17.7 Å². The number of hydrogen-bond donors (Lipinski definition) is 1. The van der Waals surface area contributed by atoms with Crippen molar-refractivity contribution in [3.8, 4) is 0 Å². The number of aromatic nitrogens is 5. The van der Waals surface area contributed by atoms with E-state index in [2.05, 4.69) is 75.0 Å². The first-order chi connectivity index (χ1) is 17.5. The lowest BCUT2D eigenvalue weighted by molar-refractivity contribution is 0.0885. The molecule has 5 rings (SSSR count). The second-order valence-corrected chi connectivity index (χ2v) is 10.8. The Kier molecular flexibility index (Phi) is 7.59. The minimum atomic E-state index is -0.0402. The van der Waals surface area contributed by atoms with Crippen molar-refractivity contribution >= 4 is 22.2 Å². The minimum Gasteiger partial charge on any atom is -0.376 e. The molecule has 1 aromatic carbocycles. The molecule has 0 saturated carbocycles. The molecule has 0 bridgehead atoms. The molecule has 3 aromatic heterocycles. The van der Waals surface area contributed by atoms with Crippen LogP contribution in [0, 0.1) is 13.8 Å². The fraction of sp³-hybridized carbons (Fsp3) is 0.481. The van der Waals surface area contributed by atoms with E-state index in [1.165, 1.54) is 4.88 Å². The Morgan fingerprint density at radius 2 is 2.11 bits per heavy atom. The molecule has 4 heterocycles. The molecule has 0 amide bonds. The van der Waals surface area contributed by atoms with E-state index in [4.69, 9.17) is 4.74 Å². The summed E-state index contributed by atoms with van der Waals surface area (Å²) in [7, 11) is 0. The molecular weight excluding hydrogens is 472 g/mol. The molecule has 36 heavy (non-hydrogen) atoms. The molecular formula is C27H34N6O2S. The van der Waals surface area contributed by atoms with E-state index in [0.29, 0.717) is 13.1 Å². The summed E-state index contributed by atoms with van der Waals surface area (Å²) in [6, 6.07) is 10.4. The molecule has 0 spiro atoms. The van der Waals surface area contributed by atoms with Gasteiger partial charge in [-0.15, -0.1) is 16.4 Å². The van der Waals surface area contributed by atoms with Gasteiger partial charge >= 0.3 is 0 Å². The lowest BCUT2D eigenvalue weighted by Crippen LogP contribution is -2.33. The Bertz CT molecular complexity index is 1360. The maximum absolute atomic E-state index is 13.3. The number of ether oxygens (including phenoxy) is 1. The first-order valence-corrected chi connectivity index (χ1v) is 13.7. The van der Waals surface area contributed by atoms with E-state index >= 15 is 0 Å². The number of rotatable bonds is 10. The zero-order valence-electron chi connectivity index (χ0n) is 21.2. The maximum Gasteiger partial charge on any atom is 0.252 e. The van der Waals surface area contributed by atoms with Crippen LogP contribution in [0.1, 0.15) is 66.0 Å². The van der Waals surface area contributed by atoms with Gasteiger partial charge in [-0.25, -0.2) is 4.68 Å². The lowest BCUT2D eigenvalue weighted by Gasteiger charge is -2.30. The third-order valence-electron chi connectivity index (χ3n) is 7.09. The van der Waals surface area contributed by atoms with Crippen molar-refractivity contribution in [2.24, 2.45) is 0 Å². The molecule has 1 N–H and O–H groups in total. The number of hydrogen-bond acceptors (Lipinski definition) is 7. The molecule has 4 aromatic rings. The number of fused-ring (bicyclic) bond motifs is 1. The number of aromatic amines is 1. The summed E-state index contributed by atoms with van der Waals surface area (Å²) in [6.07, 6.45) is 4.12. The molecule has 190 valence electrons. The van der Waals surface area contributed by atoms with Gasteiger partial charge in [0, 0.05) is 35.5 Å². The van der Waals surface area contributed by atoms with Crippen LogP contribution in [0.25, 0.3) is 10.9 Å². The Morgan fingerprint density at radius 1 is 1.25 bits per heavy atom. The van der Waals surface area contributed by atoms with Crippen LogP contribution in [-0.2, 0) is 24.4 Å². The smallest absolute Gasteiger partial charge is 0.252 e. The largest absolute Gasteiger partial charge is 0.376 e. The number of pyridine rings is 1. The molecule has 1 saturated heterocycles. The van der Waals surface area contributed by atoms with Crippen molar-refractivity contribution in [1.29, 1.82) is 0 Å². The summed E-state index contributed by atoms with van der Waals surface area (Å²) >= 11 is 1.73. The number of nitrogens with one attached hydrogen (secondary N) is 1. The Labute approximate surface area is 215 Å². The number of aryl methyl sites for hydroxylation is 2. The molecule has 8 nitrogen and oxygen atoms in total. The molecule has 1 aliphatic rings. The van der Waals surface area contributed by atoms with Gasteiger partial charge in [-0.1, -0.05) is 31.5 Å².